The summed E-state index contributed by atoms with van der Waals surface area (Å²) in [6, 6.07) is 0. The number of aliphatic hydroxyl groups is 1. The molecule has 5 heteroatoms. The van der Waals surface area contributed by atoms with Crippen LogP contribution in [0.15, 0.2) is 6.33 Å². The van der Waals surface area contributed by atoms with Crippen molar-refractivity contribution in [2.45, 2.75) is 71.1 Å². The van der Waals surface area contributed by atoms with E-state index in [1.165, 1.54) is 12.8 Å². The molecule has 0 amide bonds. The van der Waals surface area contributed by atoms with Crippen molar-refractivity contribution in [2.24, 2.45) is 0 Å². The van der Waals surface area contributed by atoms with Crippen LogP contribution in [0.1, 0.15) is 52.3 Å². The molecule has 0 aliphatic carbocycles. The van der Waals surface area contributed by atoms with Gasteiger partial charge in [0, 0.05) is 18.5 Å². The SMILES string of the molecule is CCn1ncnc1CC(O)C(CC)(CC)N1CCCC1. The average molecular weight is 280 g/mol. The number of hydrogen-bond acceptors (Lipinski definition) is 4. The van der Waals surface area contributed by atoms with Crippen molar-refractivity contribution in [2.75, 3.05) is 13.1 Å². The minimum absolute atomic E-state index is 0.110. The van der Waals surface area contributed by atoms with Crippen LogP contribution in [0.4, 0.5) is 0 Å². The number of aliphatic hydroxyl groups excluding tert-OH is 1. The van der Waals surface area contributed by atoms with Crippen LogP contribution in [0.3, 0.4) is 0 Å². The molecule has 2 rings (SSSR count). The third kappa shape index (κ3) is 2.74. The summed E-state index contributed by atoms with van der Waals surface area (Å²) in [6.07, 6.45) is 6.24. The van der Waals surface area contributed by atoms with E-state index in [2.05, 4.69) is 35.8 Å². The van der Waals surface area contributed by atoms with Gasteiger partial charge < -0.3 is 5.11 Å². The van der Waals surface area contributed by atoms with Gasteiger partial charge in [0.25, 0.3) is 0 Å². The first kappa shape index (κ1) is 15.4. The van der Waals surface area contributed by atoms with Crippen molar-refractivity contribution in [1.82, 2.24) is 19.7 Å². The topological polar surface area (TPSA) is 54.2 Å². The van der Waals surface area contributed by atoms with Crippen LogP contribution in [0.2, 0.25) is 0 Å². The van der Waals surface area contributed by atoms with Crippen molar-refractivity contribution < 1.29 is 5.11 Å². The fourth-order valence-corrected chi connectivity index (χ4v) is 3.61. The zero-order valence-electron chi connectivity index (χ0n) is 13.0. The zero-order chi connectivity index (χ0) is 14.6. The van der Waals surface area contributed by atoms with Gasteiger partial charge in [-0.15, -0.1) is 0 Å². The molecule has 20 heavy (non-hydrogen) atoms. The Morgan fingerprint density at radius 2 is 1.90 bits per heavy atom. The van der Waals surface area contributed by atoms with Crippen molar-refractivity contribution in [3.05, 3.63) is 12.2 Å². The molecule has 1 aliphatic rings. The van der Waals surface area contributed by atoms with E-state index in [-0.39, 0.29) is 11.6 Å². The van der Waals surface area contributed by atoms with E-state index in [0.29, 0.717) is 6.42 Å². The maximum Gasteiger partial charge on any atom is 0.138 e. The van der Waals surface area contributed by atoms with E-state index < -0.39 is 0 Å². The summed E-state index contributed by atoms with van der Waals surface area (Å²) in [5.74, 6) is 0.894. The van der Waals surface area contributed by atoms with Crippen LogP contribution in [-0.2, 0) is 13.0 Å². The number of nitrogens with zero attached hydrogens (tertiary/aromatic N) is 4. The molecule has 1 aromatic rings. The number of hydrogen-bond donors (Lipinski definition) is 1. The maximum atomic E-state index is 10.9. The number of rotatable bonds is 7. The van der Waals surface area contributed by atoms with Crippen LogP contribution >= 0.6 is 0 Å². The summed E-state index contributed by atoms with van der Waals surface area (Å²) in [4.78, 5) is 6.80. The first-order chi connectivity index (χ1) is 9.67. The maximum absolute atomic E-state index is 10.9. The van der Waals surface area contributed by atoms with Gasteiger partial charge in [-0.05, 0) is 45.7 Å². The monoisotopic (exact) mass is 280 g/mol. The van der Waals surface area contributed by atoms with Gasteiger partial charge in [0.05, 0.1) is 6.10 Å². The molecule has 114 valence electrons. The van der Waals surface area contributed by atoms with Gasteiger partial charge in [-0.1, -0.05) is 13.8 Å². The molecule has 1 fully saturated rings. The van der Waals surface area contributed by atoms with Gasteiger partial charge in [-0.3, -0.25) is 9.58 Å². The van der Waals surface area contributed by atoms with E-state index in [9.17, 15) is 5.11 Å². The van der Waals surface area contributed by atoms with Crippen molar-refractivity contribution in [1.29, 1.82) is 0 Å². The molecular formula is C15H28N4O. The fourth-order valence-electron chi connectivity index (χ4n) is 3.61. The van der Waals surface area contributed by atoms with Gasteiger partial charge in [0.1, 0.15) is 12.2 Å². The molecule has 1 aliphatic heterocycles. The van der Waals surface area contributed by atoms with Gasteiger partial charge in [-0.2, -0.15) is 5.10 Å². The molecule has 2 heterocycles. The van der Waals surface area contributed by atoms with Crippen molar-refractivity contribution in [3.63, 3.8) is 0 Å². The quantitative estimate of drug-likeness (QED) is 0.828. The highest BCUT2D eigenvalue weighted by atomic mass is 16.3. The standard InChI is InChI=1S/C15H28N4O/c1-4-15(5-2,18-9-7-8-10-18)13(20)11-14-16-12-17-19(14)6-3/h12-13,20H,4-11H2,1-3H3. The Balaban J connectivity index is 2.16. The Bertz CT molecular complexity index is 408. The van der Waals surface area contributed by atoms with E-state index in [4.69, 9.17) is 0 Å². The van der Waals surface area contributed by atoms with E-state index in [1.54, 1.807) is 6.33 Å². The summed E-state index contributed by atoms with van der Waals surface area (Å²) in [6.45, 7) is 9.46. The molecule has 0 spiro atoms. The molecule has 0 aromatic carbocycles. The van der Waals surface area contributed by atoms with E-state index >= 15 is 0 Å². The summed E-state index contributed by atoms with van der Waals surface area (Å²) in [5.41, 5.74) is -0.110. The minimum atomic E-state index is -0.384. The molecule has 1 atom stereocenters. The Morgan fingerprint density at radius 3 is 2.45 bits per heavy atom. The zero-order valence-corrected chi connectivity index (χ0v) is 13.0. The van der Waals surface area contributed by atoms with Crippen LogP contribution < -0.4 is 0 Å². The van der Waals surface area contributed by atoms with Crippen molar-refractivity contribution >= 4 is 0 Å². The summed E-state index contributed by atoms with van der Waals surface area (Å²) < 4.78 is 1.88. The number of aromatic nitrogens is 3. The van der Waals surface area contributed by atoms with Crippen LogP contribution in [0.25, 0.3) is 0 Å². The lowest BCUT2D eigenvalue weighted by Crippen LogP contribution is -2.56. The van der Waals surface area contributed by atoms with Crippen LogP contribution in [0.5, 0.6) is 0 Å². The number of aryl methyl sites for hydroxylation is 1. The predicted molar refractivity (Wildman–Crippen MR) is 79.5 cm³/mol. The van der Waals surface area contributed by atoms with E-state index in [1.807, 2.05) is 4.68 Å². The van der Waals surface area contributed by atoms with Gasteiger partial charge in [0.15, 0.2) is 0 Å². The molecule has 1 saturated heterocycles. The summed E-state index contributed by atoms with van der Waals surface area (Å²) in [7, 11) is 0. The first-order valence-electron chi connectivity index (χ1n) is 7.97. The molecular weight excluding hydrogens is 252 g/mol. The normalized spacial score (nSPS) is 18.6. The average Bonchev–Trinajstić information content (AvgIpc) is 3.12. The highest BCUT2D eigenvalue weighted by Gasteiger charge is 2.41. The molecule has 1 N–H and O–H groups in total. The lowest BCUT2D eigenvalue weighted by Gasteiger charge is -2.44. The second-order valence-electron chi connectivity index (χ2n) is 5.72. The van der Waals surface area contributed by atoms with Crippen LogP contribution in [-0.4, -0.2) is 49.5 Å². The van der Waals surface area contributed by atoms with Crippen molar-refractivity contribution in [3.8, 4) is 0 Å². The Morgan fingerprint density at radius 1 is 1.25 bits per heavy atom. The smallest absolute Gasteiger partial charge is 0.138 e. The third-order valence-electron chi connectivity index (χ3n) is 4.95. The largest absolute Gasteiger partial charge is 0.391 e. The van der Waals surface area contributed by atoms with Gasteiger partial charge in [-0.25, -0.2) is 4.98 Å². The molecule has 1 unspecified atom stereocenters. The fraction of sp³-hybridized carbons (Fsp3) is 0.867. The Labute approximate surface area is 122 Å². The van der Waals surface area contributed by atoms with Gasteiger partial charge >= 0.3 is 0 Å². The Hall–Kier alpha value is -0.940. The highest BCUT2D eigenvalue weighted by Crippen LogP contribution is 2.32. The number of likely N-dealkylation sites (tertiary alicyclic amines) is 1. The predicted octanol–water partition coefficient (Wildman–Crippen LogP) is 1.86. The summed E-state index contributed by atoms with van der Waals surface area (Å²) in [5, 5.41) is 15.1. The van der Waals surface area contributed by atoms with Gasteiger partial charge in [0.2, 0.25) is 0 Å². The molecule has 5 nitrogen and oxygen atoms in total. The lowest BCUT2D eigenvalue weighted by atomic mass is 9.83. The highest BCUT2D eigenvalue weighted by molar-refractivity contribution is 5.01. The molecule has 1 aromatic heterocycles. The van der Waals surface area contributed by atoms with Crippen LogP contribution in [0, 0.1) is 0 Å². The summed E-state index contributed by atoms with van der Waals surface area (Å²) >= 11 is 0. The molecule has 0 saturated carbocycles. The third-order valence-corrected chi connectivity index (χ3v) is 4.95. The second-order valence-corrected chi connectivity index (χ2v) is 5.72. The minimum Gasteiger partial charge on any atom is -0.391 e. The first-order valence-corrected chi connectivity index (χ1v) is 7.97. The molecule has 0 radical (unpaired) electrons. The second kappa shape index (κ2) is 6.68. The van der Waals surface area contributed by atoms with E-state index in [0.717, 1.165) is 38.3 Å². The Kier molecular flexibility index (Phi) is 5.16. The molecule has 0 bridgehead atoms. The lowest BCUT2D eigenvalue weighted by molar-refractivity contribution is -0.0283.